The third-order valence-corrected chi connectivity index (χ3v) is 2.68. The van der Waals surface area contributed by atoms with Gasteiger partial charge in [0.2, 0.25) is 5.91 Å². The van der Waals surface area contributed by atoms with Crippen LogP contribution in [0, 0.1) is 0 Å². The number of hydrogen-bond donors (Lipinski definition) is 2. The van der Waals surface area contributed by atoms with Gasteiger partial charge in [-0.1, -0.05) is 12.1 Å². The summed E-state index contributed by atoms with van der Waals surface area (Å²) in [5, 5.41) is 6.13. The van der Waals surface area contributed by atoms with Crippen molar-refractivity contribution in [2.24, 2.45) is 0 Å². The topological polar surface area (TPSA) is 50.4 Å². The summed E-state index contributed by atoms with van der Waals surface area (Å²) in [5.41, 5.74) is 0.903. The van der Waals surface area contributed by atoms with Crippen molar-refractivity contribution in [2.45, 2.75) is 39.3 Å². The summed E-state index contributed by atoms with van der Waals surface area (Å²) in [7, 11) is 1.65. The van der Waals surface area contributed by atoms with Crippen LogP contribution >= 0.6 is 0 Å². The van der Waals surface area contributed by atoms with Crippen LogP contribution in [0.3, 0.4) is 0 Å². The monoisotopic (exact) mass is 264 g/mol. The van der Waals surface area contributed by atoms with Crippen molar-refractivity contribution < 1.29 is 9.53 Å². The molecule has 0 aromatic heterocycles. The lowest BCUT2D eigenvalue weighted by Gasteiger charge is -2.22. The zero-order chi connectivity index (χ0) is 14.5. The van der Waals surface area contributed by atoms with Gasteiger partial charge in [0, 0.05) is 11.6 Å². The molecule has 0 fully saturated rings. The highest BCUT2D eigenvalue weighted by atomic mass is 16.5. The molecule has 0 radical (unpaired) electrons. The number of benzene rings is 1. The highest BCUT2D eigenvalue weighted by Gasteiger charge is 2.14. The van der Waals surface area contributed by atoms with E-state index < -0.39 is 0 Å². The molecule has 4 nitrogen and oxygen atoms in total. The molecule has 1 atom stereocenters. The number of hydrogen-bond acceptors (Lipinski definition) is 3. The Morgan fingerprint density at radius 1 is 1.37 bits per heavy atom. The number of rotatable bonds is 5. The first-order valence-corrected chi connectivity index (χ1v) is 6.50. The standard InChI is InChI=1S/C15H24N2O2/c1-11(12-7-6-8-13(9-12)19-5)16-10-14(18)17-15(2,3)4/h6-9,11,16H,10H2,1-5H3,(H,17,18). The Labute approximate surface area is 115 Å². The average molecular weight is 264 g/mol. The van der Waals surface area contributed by atoms with E-state index in [4.69, 9.17) is 4.74 Å². The first kappa shape index (κ1) is 15.5. The zero-order valence-electron chi connectivity index (χ0n) is 12.4. The second-order valence-corrected chi connectivity index (χ2v) is 5.68. The third-order valence-electron chi connectivity index (χ3n) is 2.68. The molecule has 0 aliphatic heterocycles. The summed E-state index contributed by atoms with van der Waals surface area (Å²) in [6.07, 6.45) is 0. The molecule has 0 aliphatic carbocycles. The summed E-state index contributed by atoms with van der Waals surface area (Å²) in [6, 6.07) is 7.94. The van der Waals surface area contributed by atoms with Gasteiger partial charge in [0.05, 0.1) is 13.7 Å². The van der Waals surface area contributed by atoms with Crippen LogP contribution in [-0.4, -0.2) is 25.1 Å². The smallest absolute Gasteiger partial charge is 0.234 e. The van der Waals surface area contributed by atoms with E-state index in [1.54, 1.807) is 7.11 Å². The summed E-state index contributed by atoms with van der Waals surface area (Å²) >= 11 is 0. The number of carbonyl (C=O) groups excluding carboxylic acids is 1. The van der Waals surface area contributed by atoms with Crippen molar-refractivity contribution >= 4 is 5.91 Å². The number of ether oxygens (including phenoxy) is 1. The largest absolute Gasteiger partial charge is 0.497 e. The summed E-state index contributed by atoms with van der Waals surface area (Å²) in [5.74, 6) is 0.826. The molecule has 0 heterocycles. The Kier molecular flexibility index (Phi) is 5.36. The van der Waals surface area contributed by atoms with Crippen molar-refractivity contribution in [1.82, 2.24) is 10.6 Å². The average Bonchev–Trinajstić information content (AvgIpc) is 2.34. The van der Waals surface area contributed by atoms with Gasteiger partial charge in [-0.3, -0.25) is 4.79 Å². The summed E-state index contributed by atoms with van der Waals surface area (Å²) in [6.45, 7) is 8.23. The van der Waals surface area contributed by atoms with Gasteiger partial charge in [-0.05, 0) is 45.4 Å². The minimum Gasteiger partial charge on any atom is -0.497 e. The highest BCUT2D eigenvalue weighted by Crippen LogP contribution is 2.18. The van der Waals surface area contributed by atoms with Crippen LogP contribution in [0.2, 0.25) is 0 Å². The molecule has 0 spiro atoms. The van der Waals surface area contributed by atoms with Crippen LogP contribution < -0.4 is 15.4 Å². The molecule has 2 N–H and O–H groups in total. The zero-order valence-corrected chi connectivity index (χ0v) is 12.4. The Bertz CT molecular complexity index is 424. The van der Waals surface area contributed by atoms with Crippen molar-refractivity contribution in [3.8, 4) is 5.75 Å². The molecule has 0 bridgehead atoms. The molecule has 1 rings (SSSR count). The van der Waals surface area contributed by atoms with Gasteiger partial charge in [0.15, 0.2) is 0 Å². The van der Waals surface area contributed by atoms with Crippen LogP contribution in [0.15, 0.2) is 24.3 Å². The maximum Gasteiger partial charge on any atom is 0.234 e. The molecule has 0 saturated heterocycles. The maximum atomic E-state index is 11.7. The van der Waals surface area contributed by atoms with E-state index in [0.29, 0.717) is 6.54 Å². The predicted octanol–water partition coefficient (Wildman–Crippen LogP) is 2.26. The van der Waals surface area contributed by atoms with Gasteiger partial charge < -0.3 is 15.4 Å². The minimum absolute atomic E-state index is 0.00208. The molecule has 0 saturated carbocycles. The second-order valence-electron chi connectivity index (χ2n) is 5.68. The van der Waals surface area contributed by atoms with Crippen LogP contribution in [0.25, 0.3) is 0 Å². The molecule has 1 unspecified atom stereocenters. The Balaban J connectivity index is 2.51. The van der Waals surface area contributed by atoms with Crippen molar-refractivity contribution in [3.05, 3.63) is 29.8 Å². The Morgan fingerprint density at radius 2 is 2.05 bits per heavy atom. The molecule has 106 valence electrons. The van der Waals surface area contributed by atoms with Crippen LogP contribution in [0.1, 0.15) is 39.3 Å². The second kappa shape index (κ2) is 6.57. The van der Waals surface area contributed by atoms with Crippen molar-refractivity contribution in [2.75, 3.05) is 13.7 Å². The fourth-order valence-corrected chi connectivity index (χ4v) is 1.74. The van der Waals surface area contributed by atoms with Crippen molar-refractivity contribution in [1.29, 1.82) is 0 Å². The Hall–Kier alpha value is -1.55. The van der Waals surface area contributed by atoms with E-state index >= 15 is 0 Å². The van der Waals surface area contributed by atoms with Crippen LogP contribution in [0.4, 0.5) is 0 Å². The van der Waals surface area contributed by atoms with E-state index in [0.717, 1.165) is 11.3 Å². The SMILES string of the molecule is COc1cccc(C(C)NCC(=O)NC(C)(C)C)c1. The van der Waals surface area contributed by atoms with E-state index in [2.05, 4.69) is 10.6 Å². The van der Waals surface area contributed by atoms with Gasteiger partial charge in [-0.15, -0.1) is 0 Å². The predicted molar refractivity (Wildman–Crippen MR) is 77.3 cm³/mol. The van der Waals surface area contributed by atoms with E-state index in [1.807, 2.05) is 52.0 Å². The molecule has 1 aromatic rings. The van der Waals surface area contributed by atoms with Crippen LogP contribution in [-0.2, 0) is 4.79 Å². The molecule has 1 amide bonds. The lowest BCUT2D eigenvalue weighted by molar-refractivity contribution is -0.121. The van der Waals surface area contributed by atoms with Gasteiger partial charge in [-0.2, -0.15) is 0 Å². The number of nitrogens with one attached hydrogen (secondary N) is 2. The fraction of sp³-hybridized carbons (Fsp3) is 0.533. The van der Waals surface area contributed by atoms with Gasteiger partial charge >= 0.3 is 0 Å². The molecular weight excluding hydrogens is 240 g/mol. The highest BCUT2D eigenvalue weighted by molar-refractivity contribution is 5.78. The first-order valence-electron chi connectivity index (χ1n) is 6.50. The molecule has 4 heteroatoms. The minimum atomic E-state index is -0.196. The lowest BCUT2D eigenvalue weighted by atomic mass is 10.1. The normalized spacial score (nSPS) is 12.9. The van der Waals surface area contributed by atoms with Crippen molar-refractivity contribution in [3.63, 3.8) is 0 Å². The molecular formula is C15H24N2O2. The number of methoxy groups -OCH3 is 1. The number of amides is 1. The molecule has 19 heavy (non-hydrogen) atoms. The summed E-state index contributed by atoms with van der Waals surface area (Å²) < 4.78 is 5.19. The van der Waals surface area contributed by atoms with E-state index in [-0.39, 0.29) is 17.5 Å². The quantitative estimate of drug-likeness (QED) is 0.857. The maximum absolute atomic E-state index is 11.7. The van der Waals surface area contributed by atoms with E-state index in [1.165, 1.54) is 0 Å². The first-order chi connectivity index (χ1) is 8.81. The van der Waals surface area contributed by atoms with E-state index in [9.17, 15) is 4.79 Å². The Morgan fingerprint density at radius 3 is 2.63 bits per heavy atom. The van der Waals surface area contributed by atoms with Gasteiger partial charge in [0.1, 0.15) is 5.75 Å². The molecule has 0 aliphatic rings. The number of carbonyl (C=O) groups is 1. The van der Waals surface area contributed by atoms with Gasteiger partial charge in [0.25, 0.3) is 0 Å². The summed E-state index contributed by atoms with van der Waals surface area (Å²) in [4.78, 5) is 11.7. The fourth-order valence-electron chi connectivity index (χ4n) is 1.74. The van der Waals surface area contributed by atoms with Crippen LogP contribution in [0.5, 0.6) is 5.75 Å². The lowest BCUT2D eigenvalue weighted by Crippen LogP contribution is -2.45. The van der Waals surface area contributed by atoms with Gasteiger partial charge in [-0.25, -0.2) is 0 Å². The molecule has 1 aromatic carbocycles. The third kappa shape index (κ3) is 5.75.